The summed E-state index contributed by atoms with van der Waals surface area (Å²) in [6, 6.07) is 2.84. The number of carboxylic acids is 1. The van der Waals surface area contributed by atoms with Crippen LogP contribution in [0.15, 0.2) is 18.3 Å². The first-order chi connectivity index (χ1) is 8.56. The van der Waals surface area contributed by atoms with E-state index in [1.165, 1.54) is 18.3 Å². The second kappa shape index (κ2) is 6.74. The lowest BCUT2D eigenvalue weighted by Crippen LogP contribution is -2.28. The summed E-state index contributed by atoms with van der Waals surface area (Å²) >= 11 is 0. The highest BCUT2D eigenvalue weighted by Crippen LogP contribution is 2.07. The van der Waals surface area contributed by atoms with Crippen LogP contribution in [0.1, 0.15) is 47.0 Å². The fraction of sp³-hybridized carbons (Fsp3) is 0.462. The van der Waals surface area contributed by atoms with E-state index in [4.69, 9.17) is 5.11 Å². The molecule has 0 aromatic carbocycles. The minimum Gasteiger partial charge on any atom is -0.477 e. The van der Waals surface area contributed by atoms with E-state index >= 15 is 0 Å². The molecule has 0 saturated carbocycles. The number of hydrogen-bond acceptors (Lipinski definition) is 3. The van der Waals surface area contributed by atoms with Gasteiger partial charge in [-0.05, 0) is 18.6 Å². The normalized spacial score (nSPS) is 10.1. The number of aromatic carboxylic acids is 1. The van der Waals surface area contributed by atoms with Crippen molar-refractivity contribution >= 4 is 11.9 Å². The Morgan fingerprint density at radius 3 is 2.72 bits per heavy atom. The molecule has 1 amide bonds. The van der Waals surface area contributed by atoms with Crippen LogP contribution < -0.4 is 0 Å². The third-order valence-corrected chi connectivity index (χ3v) is 2.67. The Morgan fingerprint density at radius 2 is 2.11 bits per heavy atom. The molecule has 0 unspecified atom stereocenters. The number of aromatic nitrogens is 1. The fourth-order valence-electron chi connectivity index (χ4n) is 1.60. The van der Waals surface area contributed by atoms with Crippen molar-refractivity contribution in [2.75, 3.05) is 13.6 Å². The number of unbranched alkanes of at least 4 members (excludes halogenated alkanes) is 2. The summed E-state index contributed by atoms with van der Waals surface area (Å²) in [6.07, 6.45) is 4.47. The van der Waals surface area contributed by atoms with Crippen molar-refractivity contribution in [2.45, 2.75) is 26.2 Å². The van der Waals surface area contributed by atoms with E-state index in [0.29, 0.717) is 12.1 Å². The molecule has 18 heavy (non-hydrogen) atoms. The predicted octanol–water partition coefficient (Wildman–Crippen LogP) is 2.04. The van der Waals surface area contributed by atoms with Crippen LogP contribution in [0.4, 0.5) is 0 Å². The van der Waals surface area contributed by atoms with Gasteiger partial charge in [0, 0.05) is 25.4 Å². The van der Waals surface area contributed by atoms with Crippen LogP contribution in [0.2, 0.25) is 0 Å². The van der Waals surface area contributed by atoms with Crippen molar-refractivity contribution in [2.24, 2.45) is 0 Å². The van der Waals surface area contributed by atoms with Crippen molar-refractivity contribution in [1.29, 1.82) is 0 Å². The maximum absolute atomic E-state index is 12.0. The standard InChI is InChI=1S/C13H18N2O3/c1-3-4-5-8-15(2)12(16)10-6-7-14-11(9-10)13(17)18/h6-7,9H,3-5,8H2,1-2H3,(H,17,18). The molecule has 0 radical (unpaired) electrons. The van der Waals surface area contributed by atoms with E-state index in [0.717, 1.165) is 19.3 Å². The molecule has 1 heterocycles. The monoisotopic (exact) mass is 250 g/mol. The molecule has 5 heteroatoms. The topological polar surface area (TPSA) is 70.5 Å². The van der Waals surface area contributed by atoms with E-state index in [1.807, 2.05) is 0 Å². The Hall–Kier alpha value is -1.91. The van der Waals surface area contributed by atoms with Crippen molar-refractivity contribution in [3.63, 3.8) is 0 Å². The molecule has 5 nitrogen and oxygen atoms in total. The second-order valence-corrected chi connectivity index (χ2v) is 4.17. The summed E-state index contributed by atoms with van der Waals surface area (Å²) in [5.41, 5.74) is 0.254. The van der Waals surface area contributed by atoms with Gasteiger partial charge in [-0.3, -0.25) is 4.79 Å². The van der Waals surface area contributed by atoms with Gasteiger partial charge >= 0.3 is 5.97 Å². The van der Waals surface area contributed by atoms with Crippen molar-refractivity contribution < 1.29 is 14.7 Å². The summed E-state index contributed by atoms with van der Waals surface area (Å²) in [4.78, 5) is 28.1. The Morgan fingerprint density at radius 1 is 1.39 bits per heavy atom. The quantitative estimate of drug-likeness (QED) is 0.784. The molecule has 98 valence electrons. The fourth-order valence-corrected chi connectivity index (χ4v) is 1.60. The lowest BCUT2D eigenvalue weighted by atomic mass is 10.2. The average molecular weight is 250 g/mol. The smallest absolute Gasteiger partial charge is 0.354 e. The molecule has 0 bridgehead atoms. The number of pyridine rings is 1. The Labute approximate surface area is 106 Å². The largest absolute Gasteiger partial charge is 0.477 e. The predicted molar refractivity (Wildman–Crippen MR) is 67.7 cm³/mol. The van der Waals surface area contributed by atoms with Gasteiger partial charge in [0.2, 0.25) is 0 Å². The van der Waals surface area contributed by atoms with Gasteiger partial charge in [-0.1, -0.05) is 19.8 Å². The lowest BCUT2D eigenvalue weighted by molar-refractivity contribution is 0.0690. The van der Waals surface area contributed by atoms with Crippen LogP contribution >= 0.6 is 0 Å². The van der Waals surface area contributed by atoms with Gasteiger partial charge in [-0.25, -0.2) is 9.78 Å². The maximum Gasteiger partial charge on any atom is 0.354 e. The molecule has 0 saturated heterocycles. The molecule has 0 spiro atoms. The van der Waals surface area contributed by atoms with Crippen molar-refractivity contribution in [3.8, 4) is 0 Å². The number of carboxylic acid groups (broad SMARTS) is 1. The molecule has 0 atom stereocenters. The molecular weight excluding hydrogens is 232 g/mol. The Bertz CT molecular complexity index is 432. The Balaban J connectivity index is 2.71. The van der Waals surface area contributed by atoms with Crippen LogP contribution in [-0.4, -0.2) is 40.5 Å². The van der Waals surface area contributed by atoms with Gasteiger partial charge in [0.1, 0.15) is 5.69 Å². The highest BCUT2D eigenvalue weighted by atomic mass is 16.4. The first-order valence-electron chi connectivity index (χ1n) is 6.01. The minimum atomic E-state index is -1.13. The van der Waals surface area contributed by atoms with Crippen molar-refractivity contribution in [1.82, 2.24) is 9.88 Å². The van der Waals surface area contributed by atoms with Gasteiger partial charge in [0.15, 0.2) is 0 Å². The van der Waals surface area contributed by atoms with E-state index in [1.54, 1.807) is 11.9 Å². The van der Waals surface area contributed by atoms with Gasteiger partial charge < -0.3 is 10.0 Å². The van der Waals surface area contributed by atoms with Gasteiger partial charge in [-0.15, -0.1) is 0 Å². The summed E-state index contributed by atoms with van der Waals surface area (Å²) in [6.45, 7) is 2.78. The molecule has 0 aliphatic heterocycles. The number of amides is 1. The van der Waals surface area contributed by atoms with Gasteiger partial charge in [0.25, 0.3) is 5.91 Å². The number of rotatable bonds is 6. The lowest BCUT2D eigenvalue weighted by Gasteiger charge is -2.16. The molecule has 1 rings (SSSR count). The number of hydrogen-bond donors (Lipinski definition) is 1. The van der Waals surface area contributed by atoms with E-state index < -0.39 is 5.97 Å². The SMILES string of the molecule is CCCCCN(C)C(=O)c1ccnc(C(=O)O)c1. The number of nitrogens with zero attached hydrogens (tertiary/aromatic N) is 2. The molecule has 0 fully saturated rings. The van der Waals surface area contributed by atoms with E-state index in [9.17, 15) is 9.59 Å². The average Bonchev–Trinajstić information content (AvgIpc) is 2.38. The minimum absolute atomic E-state index is 0.109. The van der Waals surface area contributed by atoms with Gasteiger partial charge in [0.05, 0.1) is 0 Å². The maximum atomic E-state index is 12.0. The molecule has 0 aliphatic rings. The summed E-state index contributed by atoms with van der Waals surface area (Å²) in [5.74, 6) is -1.30. The zero-order valence-electron chi connectivity index (χ0n) is 10.7. The van der Waals surface area contributed by atoms with Crippen LogP contribution in [0, 0.1) is 0 Å². The Kier molecular flexibility index (Phi) is 5.30. The van der Waals surface area contributed by atoms with E-state index in [-0.39, 0.29) is 11.6 Å². The molecule has 1 aromatic heterocycles. The van der Waals surface area contributed by atoms with Gasteiger partial charge in [-0.2, -0.15) is 0 Å². The molecule has 1 aromatic rings. The molecular formula is C13H18N2O3. The van der Waals surface area contributed by atoms with Crippen LogP contribution in [0.5, 0.6) is 0 Å². The summed E-state index contributed by atoms with van der Waals surface area (Å²) in [5, 5.41) is 8.82. The zero-order chi connectivity index (χ0) is 13.5. The first-order valence-corrected chi connectivity index (χ1v) is 6.01. The molecule has 0 aliphatic carbocycles. The third kappa shape index (κ3) is 3.84. The van der Waals surface area contributed by atoms with E-state index in [2.05, 4.69) is 11.9 Å². The van der Waals surface area contributed by atoms with Crippen LogP contribution in [-0.2, 0) is 0 Å². The summed E-state index contributed by atoms with van der Waals surface area (Å²) < 4.78 is 0. The highest BCUT2D eigenvalue weighted by Gasteiger charge is 2.14. The second-order valence-electron chi connectivity index (χ2n) is 4.17. The zero-order valence-corrected chi connectivity index (χ0v) is 10.7. The highest BCUT2D eigenvalue weighted by molar-refractivity contribution is 5.96. The summed E-state index contributed by atoms with van der Waals surface area (Å²) in [7, 11) is 1.72. The number of carbonyl (C=O) groups excluding carboxylic acids is 1. The first kappa shape index (κ1) is 14.2. The van der Waals surface area contributed by atoms with Crippen molar-refractivity contribution in [3.05, 3.63) is 29.6 Å². The number of carbonyl (C=O) groups is 2. The third-order valence-electron chi connectivity index (χ3n) is 2.67. The van der Waals surface area contributed by atoms with Crippen LogP contribution in [0.3, 0.4) is 0 Å². The molecule has 1 N–H and O–H groups in total. The van der Waals surface area contributed by atoms with Crippen LogP contribution in [0.25, 0.3) is 0 Å².